The molecule has 1 aliphatic heterocycles. The average Bonchev–Trinajstić information content (AvgIpc) is 3.17. The van der Waals surface area contributed by atoms with E-state index in [2.05, 4.69) is 53.9 Å². The van der Waals surface area contributed by atoms with E-state index in [-0.39, 0.29) is 5.92 Å². The van der Waals surface area contributed by atoms with Gasteiger partial charge in [-0.2, -0.15) is 0 Å². The van der Waals surface area contributed by atoms with E-state index in [1.54, 1.807) is 0 Å². The van der Waals surface area contributed by atoms with Gasteiger partial charge in [-0.05, 0) is 30.9 Å². The number of benzene rings is 1. The molecule has 3 rings (SSSR count). The predicted octanol–water partition coefficient (Wildman–Crippen LogP) is 5.32. The molecule has 0 radical (unpaired) electrons. The molecule has 0 aliphatic carbocycles. The minimum atomic E-state index is 0.286. The van der Waals surface area contributed by atoms with Gasteiger partial charge in [-0.15, -0.1) is 0 Å². The molecule has 2 heterocycles. The number of rotatable bonds is 10. The van der Waals surface area contributed by atoms with E-state index in [9.17, 15) is 4.79 Å². The fourth-order valence-electron chi connectivity index (χ4n) is 4.34. The molecule has 26 heavy (non-hydrogen) atoms. The van der Waals surface area contributed by atoms with Crippen LogP contribution in [0.2, 0.25) is 0 Å². The van der Waals surface area contributed by atoms with E-state index in [0.29, 0.717) is 5.91 Å². The fourth-order valence-corrected chi connectivity index (χ4v) is 4.34. The number of unbranched alkanes of at least 4 members (excludes halogenated alkanes) is 5. The van der Waals surface area contributed by atoms with Crippen molar-refractivity contribution in [2.45, 2.75) is 64.7 Å². The first-order valence-corrected chi connectivity index (χ1v) is 10.5. The molecular weight excluding hydrogens is 320 g/mol. The van der Waals surface area contributed by atoms with Crippen molar-refractivity contribution in [3.8, 4) is 0 Å². The molecule has 0 bridgehead atoms. The first-order valence-electron chi connectivity index (χ1n) is 10.5. The Balaban J connectivity index is 1.45. The minimum absolute atomic E-state index is 0.286. The molecule has 1 aliphatic rings. The van der Waals surface area contributed by atoms with Crippen LogP contribution >= 0.6 is 0 Å². The number of nitrogens with zero attached hydrogens (tertiary/aromatic N) is 2. The van der Waals surface area contributed by atoms with Crippen LogP contribution in [-0.2, 0) is 18.3 Å². The lowest BCUT2D eigenvalue weighted by molar-refractivity contribution is -0.131. The van der Waals surface area contributed by atoms with Gasteiger partial charge in [-0.25, -0.2) is 0 Å². The van der Waals surface area contributed by atoms with Crippen LogP contribution in [0.1, 0.15) is 63.9 Å². The molecule has 2 aromatic rings. The van der Waals surface area contributed by atoms with Crippen molar-refractivity contribution < 1.29 is 4.79 Å². The number of carbonyl (C=O) groups is 1. The molecule has 1 saturated heterocycles. The second-order valence-electron chi connectivity index (χ2n) is 7.90. The summed E-state index contributed by atoms with van der Waals surface area (Å²) < 4.78 is 2.19. The van der Waals surface area contributed by atoms with Crippen molar-refractivity contribution in [1.29, 1.82) is 0 Å². The molecule has 1 fully saturated rings. The number of para-hydroxylation sites is 1. The number of likely N-dealkylation sites (tertiary alicyclic amines) is 1. The van der Waals surface area contributed by atoms with Gasteiger partial charge in [-0.3, -0.25) is 4.79 Å². The lowest BCUT2D eigenvalue weighted by Crippen LogP contribution is -2.29. The van der Waals surface area contributed by atoms with Crippen molar-refractivity contribution >= 4 is 16.8 Å². The van der Waals surface area contributed by atoms with Crippen LogP contribution in [0.5, 0.6) is 0 Å². The first-order chi connectivity index (χ1) is 12.7. The van der Waals surface area contributed by atoms with E-state index >= 15 is 0 Å². The van der Waals surface area contributed by atoms with Crippen LogP contribution in [0.4, 0.5) is 0 Å². The molecule has 1 atom stereocenters. The zero-order valence-corrected chi connectivity index (χ0v) is 16.5. The second-order valence-corrected chi connectivity index (χ2v) is 7.90. The Morgan fingerprint density at radius 3 is 2.69 bits per heavy atom. The molecule has 0 saturated carbocycles. The number of carbonyl (C=O) groups excluding carboxylic acids is 1. The maximum atomic E-state index is 12.7. The molecule has 0 unspecified atom stereocenters. The maximum Gasteiger partial charge on any atom is 0.225 e. The van der Waals surface area contributed by atoms with Crippen molar-refractivity contribution in [1.82, 2.24) is 9.47 Å². The van der Waals surface area contributed by atoms with Gasteiger partial charge in [0.25, 0.3) is 0 Å². The Morgan fingerprint density at radius 1 is 1.08 bits per heavy atom. The summed E-state index contributed by atoms with van der Waals surface area (Å²) in [5, 5.41) is 1.32. The first kappa shape index (κ1) is 19.0. The fraction of sp³-hybridized carbons (Fsp3) is 0.609. The normalized spacial score (nSPS) is 17.5. The summed E-state index contributed by atoms with van der Waals surface area (Å²) in [6.45, 7) is 4.06. The van der Waals surface area contributed by atoms with Gasteiger partial charge in [0, 0.05) is 43.2 Å². The standard InChI is InChI=1S/C23H34N2O/c1-3-4-5-6-7-8-11-19-14-16-25(23(19)26)17-15-20-18-24(2)22-13-10-9-12-21(20)22/h9-10,12-13,18-19H,3-8,11,14-17H2,1-2H3/t19-/m0/s1. The molecule has 0 N–H and O–H groups in total. The van der Waals surface area contributed by atoms with Gasteiger partial charge in [0.05, 0.1) is 0 Å². The summed E-state index contributed by atoms with van der Waals surface area (Å²) in [4.78, 5) is 14.8. The Bertz CT molecular complexity index is 718. The maximum absolute atomic E-state index is 12.7. The molecule has 3 heteroatoms. The zero-order valence-electron chi connectivity index (χ0n) is 16.5. The van der Waals surface area contributed by atoms with Gasteiger partial charge in [0.2, 0.25) is 5.91 Å². The third kappa shape index (κ3) is 4.49. The van der Waals surface area contributed by atoms with Crippen LogP contribution < -0.4 is 0 Å². The Hall–Kier alpha value is -1.77. The number of aromatic nitrogens is 1. The number of aryl methyl sites for hydroxylation is 1. The largest absolute Gasteiger partial charge is 0.350 e. The second kappa shape index (κ2) is 9.25. The van der Waals surface area contributed by atoms with Crippen LogP contribution in [0, 0.1) is 5.92 Å². The lowest BCUT2D eigenvalue weighted by Gasteiger charge is -2.16. The van der Waals surface area contributed by atoms with Crippen LogP contribution in [-0.4, -0.2) is 28.5 Å². The SMILES string of the molecule is CCCCCCCC[C@H]1CCN(CCc2cn(C)c3ccccc23)C1=O. The number of fused-ring (bicyclic) bond motifs is 1. The smallest absolute Gasteiger partial charge is 0.225 e. The topological polar surface area (TPSA) is 25.2 Å². The summed E-state index contributed by atoms with van der Waals surface area (Å²) >= 11 is 0. The predicted molar refractivity (Wildman–Crippen MR) is 109 cm³/mol. The van der Waals surface area contributed by atoms with Crippen molar-refractivity contribution in [3.63, 3.8) is 0 Å². The average molecular weight is 355 g/mol. The monoisotopic (exact) mass is 354 g/mol. The Morgan fingerprint density at radius 2 is 1.85 bits per heavy atom. The molecule has 1 aromatic heterocycles. The Labute approximate surface area is 158 Å². The highest BCUT2D eigenvalue weighted by atomic mass is 16.2. The van der Waals surface area contributed by atoms with Gasteiger partial charge >= 0.3 is 0 Å². The highest BCUT2D eigenvalue weighted by Gasteiger charge is 2.30. The van der Waals surface area contributed by atoms with E-state index < -0.39 is 0 Å². The zero-order chi connectivity index (χ0) is 18.4. The molecule has 1 amide bonds. The van der Waals surface area contributed by atoms with Crippen LogP contribution in [0.15, 0.2) is 30.5 Å². The summed E-state index contributed by atoms with van der Waals surface area (Å²) in [6.07, 6.45) is 13.2. The third-order valence-corrected chi connectivity index (χ3v) is 5.95. The van der Waals surface area contributed by atoms with Crippen molar-refractivity contribution in [2.75, 3.05) is 13.1 Å². The number of amides is 1. The van der Waals surface area contributed by atoms with Crippen LogP contribution in [0.25, 0.3) is 10.9 Å². The molecule has 1 aromatic carbocycles. The van der Waals surface area contributed by atoms with E-state index in [1.165, 1.54) is 55.0 Å². The number of hydrogen-bond acceptors (Lipinski definition) is 1. The molecule has 0 spiro atoms. The van der Waals surface area contributed by atoms with E-state index in [4.69, 9.17) is 0 Å². The molecular formula is C23H34N2O. The highest BCUT2D eigenvalue weighted by molar-refractivity contribution is 5.84. The van der Waals surface area contributed by atoms with Crippen molar-refractivity contribution in [2.24, 2.45) is 13.0 Å². The highest BCUT2D eigenvalue weighted by Crippen LogP contribution is 2.26. The van der Waals surface area contributed by atoms with Gasteiger partial charge in [0.15, 0.2) is 0 Å². The Kier molecular flexibility index (Phi) is 6.76. The third-order valence-electron chi connectivity index (χ3n) is 5.95. The quantitative estimate of drug-likeness (QED) is 0.530. The summed E-state index contributed by atoms with van der Waals surface area (Å²) in [5.41, 5.74) is 2.63. The van der Waals surface area contributed by atoms with Crippen LogP contribution in [0.3, 0.4) is 0 Å². The van der Waals surface area contributed by atoms with Gasteiger partial charge in [-0.1, -0.05) is 63.6 Å². The summed E-state index contributed by atoms with van der Waals surface area (Å²) in [6, 6.07) is 8.54. The summed E-state index contributed by atoms with van der Waals surface area (Å²) in [5.74, 6) is 0.687. The lowest BCUT2D eigenvalue weighted by atomic mass is 9.99. The van der Waals surface area contributed by atoms with E-state index in [0.717, 1.165) is 32.4 Å². The van der Waals surface area contributed by atoms with Gasteiger partial charge < -0.3 is 9.47 Å². The van der Waals surface area contributed by atoms with E-state index in [1.807, 2.05) is 0 Å². The number of hydrogen-bond donors (Lipinski definition) is 0. The van der Waals surface area contributed by atoms with Gasteiger partial charge in [0.1, 0.15) is 0 Å². The molecule has 3 nitrogen and oxygen atoms in total. The minimum Gasteiger partial charge on any atom is -0.350 e. The molecule has 142 valence electrons. The van der Waals surface area contributed by atoms with Crippen molar-refractivity contribution in [3.05, 3.63) is 36.0 Å². The summed E-state index contributed by atoms with van der Waals surface area (Å²) in [7, 11) is 2.10.